The van der Waals surface area contributed by atoms with E-state index in [0.717, 1.165) is 12.8 Å². The summed E-state index contributed by atoms with van der Waals surface area (Å²) in [4.78, 5) is 11.5. The van der Waals surface area contributed by atoms with Gasteiger partial charge in [0.25, 0.3) is 0 Å². The lowest BCUT2D eigenvalue weighted by molar-refractivity contribution is -0.117. The third-order valence-corrected chi connectivity index (χ3v) is 2.55. The number of amides is 1. The third-order valence-electron chi connectivity index (χ3n) is 2.55. The molecular weight excluding hydrogens is 198 g/mol. The molecule has 0 fully saturated rings. The number of carbonyl (C=O) groups is 1. The summed E-state index contributed by atoms with van der Waals surface area (Å²) in [5.41, 5.74) is 0. The molecule has 0 aromatic carbocycles. The summed E-state index contributed by atoms with van der Waals surface area (Å²) >= 11 is 0. The maximum atomic E-state index is 11.5. The SMILES string of the molecule is C/C=C/C=C/C(=O)NC(CC)CCCCC. The Bertz CT molecular complexity index is 231. The molecule has 1 atom stereocenters. The Labute approximate surface area is 99.8 Å². The van der Waals surface area contributed by atoms with Crippen LogP contribution in [0.4, 0.5) is 0 Å². The van der Waals surface area contributed by atoms with Crippen molar-refractivity contribution >= 4 is 5.91 Å². The molecule has 1 amide bonds. The molecule has 0 saturated carbocycles. The van der Waals surface area contributed by atoms with Gasteiger partial charge in [0.15, 0.2) is 0 Å². The number of nitrogens with one attached hydrogen (secondary N) is 1. The first-order chi connectivity index (χ1) is 7.74. The van der Waals surface area contributed by atoms with Gasteiger partial charge in [0, 0.05) is 12.1 Å². The molecule has 0 spiro atoms. The Hall–Kier alpha value is -1.05. The van der Waals surface area contributed by atoms with Crippen LogP contribution >= 0.6 is 0 Å². The minimum absolute atomic E-state index is 0.0152. The number of carbonyl (C=O) groups excluding carboxylic acids is 1. The van der Waals surface area contributed by atoms with E-state index in [1.807, 2.05) is 19.1 Å². The molecule has 1 unspecified atom stereocenters. The van der Waals surface area contributed by atoms with Crippen LogP contribution in [0.5, 0.6) is 0 Å². The van der Waals surface area contributed by atoms with E-state index in [9.17, 15) is 4.79 Å². The maximum absolute atomic E-state index is 11.5. The van der Waals surface area contributed by atoms with Gasteiger partial charge in [-0.1, -0.05) is 51.3 Å². The Morgan fingerprint density at radius 1 is 1.25 bits per heavy atom. The van der Waals surface area contributed by atoms with Crippen LogP contribution in [-0.2, 0) is 4.79 Å². The van der Waals surface area contributed by atoms with E-state index in [1.54, 1.807) is 12.2 Å². The van der Waals surface area contributed by atoms with Crippen molar-refractivity contribution in [1.29, 1.82) is 0 Å². The fraction of sp³-hybridized carbons (Fsp3) is 0.643. The molecule has 0 aliphatic heterocycles. The Kier molecular flexibility index (Phi) is 9.78. The van der Waals surface area contributed by atoms with E-state index in [2.05, 4.69) is 19.2 Å². The molecule has 0 aliphatic carbocycles. The number of hydrogen-bond donors (Lipinski definition) is 1. The zero-order chi connectivity index (χ0) is 12.2. The second-order valence-electron chi connectivity index (χ2n) is 3.99. The van der Waals surface area contributed by atoms with Crippen molar-refractivity contribution in [3.05, 3.63) is 24.3 Å². The minimum atomic E-state index is 0.0152. The van der Waals surface area contributed by atoms with Gasteiger partial charge >= 0.3 is 0 Å². The number of rotatable bonds is 8. The topological polar surface area (TPSA) is 29.1 Å². The molecule has 0 aromatic rings. The Morgan fingerprint density at radius 2 is 2.00 bits per heavy atom. The van der Waals surface area contributed by atoms with Crippen molar-refractivity contribution in [3.63, 3.8) is 0 Å². The molecule has 0 aliphatic rings. The highest BCUT2D eigenvalue weighted by atomic mass is 16.1. The van der Waals surface area contributed by atoms with E-state index >= 15 is 0 Å². The van der Waals surface area contributed by atoms with E-state index in [1.165, 1.54) is 19.3 Å². The van der Waals surface area contributed by atoms with Crippen LogP contribution in [0.2, 0.25) is 0 Å². The fourth-order valence-electron chi connectivity index (χ4n) is 1.52. The number of allylic oxidation sites excluding steroid dienone is 3. The summed E-state index contributed by atoms with van der Waals surface area (Å²) in [6.45, 7) is 6.24. The van der Waals surface area contributed by atoms with Crippen molar-refractivity contribution in [3.8, 4) is 0 Å². The zero-order valence-electron chi connectivity index (χ0n) is 10.8. The smallest absolute Gasteiger partial charge is 0.244 e. The lowest BCUT2D eigenvalue weighted by Gasteiger charge is -2.15. The normalized spacial score (nSPS) is 13.4. The quantitative estimate of drug-likeness (QED) is 0.380. The molecule has 0 aromatic heterocycles. The monoisotopic (exact) mass is 223 g/mol. The van der Waals surface area contributed by atoms with Gasteiger partial charge in [-0.05, 0) is 19.8 Å². The van der Waals surface area contributed by atoms with Crippen LogP contribution in [0.15, 0.2) is 24.3 Å². The second kappa shape index (κ2) is 10.5. The average molecular weight is 223 g/mol. The molecular formula is C14H25NO. The summed E-state index contributed by atoms with van der Waals surface area (Å²) in [5.74, 6) is 0.0152. The summed E-state index contributed by atoms with van der Waals surface area (Å²) in [5, 5.41) is 3.02. The van der Waals surface area contributed by atoms with Crippen molar-refractivity contribution in [2.45, 2.75) is 58.9 Å². The van der Waals surface area contributed by atoms with Crippen molar-refractivity contribution in [1.82, 2.24) is 5.32 Å². The van der Waals surface area contributed by atoms with E-state index in [-0.39, 0.29) is 5.91 Å². The van der Waals surface area contributed by atoms with Crippen LogP contribution in [0.1, 0.15) is 52.9 Å². The fourth-order valence-corrected chi connectivity index (χ4v) is 1.52. The lowest BCUT2D eigenvalue weighted by Crippen LogP contribution is -2.33. The molecule has 0 heterocycles. The van der Waals surface area contributed by atoms with Gasteiger partial charge in [-0.15, -0.1) is 0 Å². The summed E-state index contributed by atoms with van der Waals surface area (Å²) < 4.78 is 0. The molecule has 2 heteroatoms. The van der Waals surface area contributed by atoms with Gasteiger partial charge in [0.2, 0.25) is 5.91 Å². The highest BCUT2D eigenvalue weighted by Crippen LogP contribution is 2.06. The van der Waals surface area contributed by atoms with Crippen LogP contribution in [-0.4, -0.2) is 11.9 Å². The molecule has 0 bridgehead atoms. The Morgan fingerprint density at radius 3 is 2.56 bits per heavy atom. The highest BCUT2D eigenvalue weighted by Gasteiger charge is 2.07. The van der Waals surface area contributed by atoms with E-state index < -0.39 is 0 Å². The molecule has 0 radical (unpaired) electrons. The first-order valence-electron chi connectivity index (χ1n) is 6.34. The summed E-state index contributed by atoms with van der Waals surface area (Å²) in [7, 11) is 0. The number of hydrogen-bond acceptors (Lipinski definition) is 1. The van der Waals surface area contributed by atoms with Gasteiger partial charge in [-0.3, -0.25) is 4.79 Å². The molecule has 92 valence electrons. The van der Waals surface area contributed by atoms with Gasteiger partial charge in [-0.25, -0.2) is 0 Å². The second-order valence-corrected chi connectivity index (χ2v) is 3.99. The molecule has 0 rings (SSSR count). The van der Waals surface area contributed by atoms with E-state index in [4.69, 9.17) is 0 Å². The van der Waals surface area contributed by atoms with Crippen molar-refractivity contribution < 1.29 is 4.79 Å². The molecule has 0 saturated heterocycles. The predicted octanol–water partition coefficient (Wildman–Crippen LogP) is 3.59. The summed E-state index contributed by atoms with van der Waals surface area (Å²) in [6, 6.07) is 0.328. The molecule has 1 N–H and O–H groups in total. The highest BCUT2D eigenvalue weighted by molar-refractivity contribution is 5.87. The number of unbranched alkanes of at least 4 members (excludes halogenated alkanes) is 2. The molecule has 2 nitrogen and oxygen atoms in total. The summed E-state index contributed by atoms with van der Waals surface area (Å²) in [6.07, 6.45) is 12.9. The predicted molar refractivity (Wildman–Crippen MR) is 70.3 cm³/mol. The van der Waals surface area contributed by atoms with Crippen LogP contribution in [0.3, 0.4) is 0 Å². The first-order valence-corrected chi connectivity index (χ1v) is 6.34. The first kappa shape index (κ1) is 14.9. The minimum Gasteiger partial charge on any atom is -0.350 e. The Balaban J connectivity index is 3.87. The zero-order valence-corrected chi connectivity index (χ0v) is 10.8. The van der Waals surface area contributed by atoms with Gasteiger partial charge in [0.1, 0.15) is 0 Å². The van der Waals surface area contributed by atoms with Gasteiger partial charge < -0.3 is 5.32 Å². The molecule has 16 heavy (non-hydrogen) atoms. The maximum Gasteiger partial charge on any atom is 0.244 e. The standard InChI is InChI=1S/C14H25NO/c1-4-7-9-11-13(6-3)15-14(16)12-10-8-5-2/h5,8,10,12-13H,4,6-7,9,11H2,1-3H3,(H,15,16)/b8-5+,12-10+. The average Bonchev–Trinajstić information content (AvgIpc) is 2.28. The lowest BCUT2D eigenvalue weighted by atomic mass is 10.1. The van der Waals surface area contributed by atoms with Crippen LogP contribution in [0, 0.1) is 0 Å². The largest absolute Gasteiger partial charge is 0.350 e. The van der Waals surface area contributed by atoms with E-state index in [0.29, 0.717) is 6.04 Å². The van der Waals surface area contributed by atoms with Gasteiger partial charge in [-0.2, -0.15) is 0 Å². The van der Waals surface area contributed by atoms with Crippen LogP contribution < -0.4 is 5.32 Å². The van der Waals surface area contributed by atoms with Crippen molar-refractivity contribution in [2.24, 2.45) is 0 Å². The third kappa shape index (κ3) is 8.27. The van der Waals surface area contributed by atoms with Crippen LogP contribution in [0.25, 0.3) is 0 Å². The van der Waals surface area contributed by atoms with Gasteiger partial charge in [0.05, 0.1) is 0 Å². The van der Waals surface area contributed by atoms with Crippen molar-refractivity contribution in [2.75, 3.05) is 0 Å².